The van der Waals surface area contributed by atoms with E-state index >= 15 is 0 Å². The second-order valence-corrected chi connectivity index (χ2v) is 9.97. The van der Waals surface area contributed by atoms with Crippen molar-refractivity contribution in [2.45, 2.75) is 13.8 Å². The van der Waals surface area contributed by atoms with Gasteiger partial charge in [-0.3, -0.25) is 0 Å². The maximum atomic E-state index is 11.5. The summed E-state index contributed by atoms with van der Waals surface area (Å²) < 4.78 is 15.2. The number of ether oxygens (including phenoxy) is 3. The fraction of sp³-hybridized carbons (Fsp3) is 0.108. The average molecular weight is 556 g/mol. The molecule has 0 saturated heterocycles. The van der Waals surface area contributed by atoms with Gasteiger partial charge in [0.15, 0.2) is 0 Å². The lowest BCUT2D eigenvalue weighted by Gasteiger charge is -2.26. The van der Waals surface area contributed by atoms with Gasteiger partial charge in [-0.25, -0.2) is 4.79 Å². The smallest absolute Gasteiger partial charge is 0.497 e. The van der Waals surface area contributed by atoms with Crippen molar-refractivity contribution in [2.24, 2.45) is 0 Å². The van der Waals surface area contributed by atoms with Gasteiger partial charge in [0.05, 0.1) is 14.2 Å². The van der Waals surface area contributed by atoms with E-state index in [1.807, 2.05) is 36.4 Å². The molecule has 0 saturated carbocycles. The maximum absolute atomic E-state index is 11.5. The second-order valence-electron chi connectivity index (χ2n) is 9.97. The van der Waals surface area contributed by atoms with Crippen molar-refractivity contribution in [1.82, 2.24) is 0 Å². The molecule has 0 fully saturated rings. The first kappa shape index (κ1) is 28.2. The van der Waals surface area contributed by atoms with Crippen molar-refractivity contribution in [1.29, 1.82) is 0 Å². The summed E-state index contributed by atoms with van der Waals surface area (Å²) in [7, 11) is 2.94. The quantitative estimate of drug-likeness (QED) is 0.108. The zero-order chi connectivity index (χ0) is 29.5. The van der Waals surface area contributed by atoms with E-state index in [1.165, 1.54) is 18.2 Å². The van der Waals surface area contributed by atoms with E-state index < -0.39 is 6.16 Å². The minimum atomic E-state index is -0.751. The lowest BCUT2D eigenvalue weighted by Crippen LogP contribution is -2.09. The summed E-state index contributed by atoms with van der Waals surface area (Å²) in [5, 5.41) is 0. The molecule has 5 heteroatoms. The van der Waals surface area contributed by atoms with Crippen molar-refractivity contribution in [3.63, 3.8) is 0 Å². The number of methoxy groups -OCH3 is 2. The summed E-state index contributed by atoms with van der Waals surface area (Å²) >= 11 is 0. The third-order valence-corrected chi connectivity index (χ3v) is 6.98. The Bertz CT molecular complexity index is 1610. The molecule has 0 aliphatic heterocycles. The molecule has 0 radical (unpaired) electrons. The fourth-order valence-electron chi connectivity index (χ4n) is 4.67. The number of hydrogen-bond donors (Lipinski definition) is 0. The molecule has 0 aliphatic carbocycles. The zero-order valence-corrected chi connectivity index (χ0v) is 24.2. The van der Waals surface area contributed by atoms with Gasteiger partial charge in [-0.2, -0.15) is 0 Å². The van der Waals surface area contributed by atoms with Gasteiger partial charge >= 0.3 is 6.16 Å². The van der Waals surface area contributed by atoms with E-state index in [1.54, 1.807) is 19.2 Å². The van der Waals surface area contributed by atoms with Crippen LogP contribution < -0.4 is 14.4 Å². The molecular weight excluding hydrogens is 522 g/mol. The Morgan fingerprint density at radius 1 is 0.571 bits per heavy atom. The lowest BCUT2D eigenvalue weighted by molar-refractivity contribution is 0.121. The molecule has 0 unspecified atom stereocenters. The van der Waals surface area contributed by atoms with Crippen LogP contribution in [0, 0.1) is 13.8 Å². The topological polar surface area (TPSA) is 48.0 Å². The summed E-state index contributed by atoms with van der Waals surface area (Å²) in [5.74, 6) is 1.20. The van der Waals surface area contributed by atoms with Crippen LogP contribution in [0.3, 0.4) is 0 Å². The average Bonchev–Trinajstić information content (AvgIpc) is 3.03. The van der Waals surface area contributed by atoms with E-state index in [0.29, 0.717) is 5.75 Å². The van der Waals surface area contributed by atoms with Gasteiger partial charge in [0.25, 0.3) is 0 Å². The van der Waals surface area contributed by atoms with Crippen molar-refractivity contribution in [2.75, 3.05) is 19.1 Å². The molecular formula is C37H33NO4. The number of anilines is 3. The highest BCUT2D eigenvalue weighted by Gasteiger charge is 2.13. The van der Waals surface area contributed by atoms with E-state index in [-0.39, 0.29) is 0 Å². The van der Waals surface area contributed by atoms with Gasteiger partial charge in [0, 0.05) is 17.1 Å². The van der Waals surface area contributed by atoms with E-state index in [9.17, 15) is 4.79 Å². The number of nitrogens with zero attached hydrogens (tertiary/aromatic N) is 1. The Morgan fingerprint density at radius 2 is 1.00 bits per heavy atom. The van der Waals surface area contributed by atoms with Crippen LogP contribution in [0.1, 0.15) is 27.8 Å². The Kier molecular flexibility index (Phi) is 8.69. The van der Waals surface area contributed by atoms with Crippen molar-refractivity contribution < 1.29 is 19.0 Å². The van der Waals surface area contributed by atoms with Crippen LogP contribution in [0.2, 0.25) is 0 Å². The van der Waals surface area contributed by atoms with E-state index in [2.05, 4.69) is 102 Å². The Labute approximate surface area is 247 Å². The van der Waals surface area contributed by atoms with Gasteiger partial charge in [-0.15, -0.1) is 0 Å². The first-order chi connectivity index (χ1) is 20.4. The number of carbonyl (C=O) groups excluding carboxylic acids is 1. The molecule has 0 bridgehead atoms. The molecule has 210 valence electrons. The van der Waals surface area contributed by atoms with Crippen molar-refractivity contribution in [3.05, 3.63) is 149 Å². The number of aryl methyl sites for hydroxylation is 2. The van der Waals surface area contributed by atoms with Crippen molar-refractivity contribution in [3.8, 4) is 11.5 Å². The Balaban J connectivity index is 1.52. The standard InChI is InChI=1S/C37H33NO4/c1-26-5-15-31(16-6-26)38(32-17-7-27(2)8-18-32)33-19-9-28(10-20-33)25-36(29-11-21-34(40-3)22-12-29)30-13-23-35(24-14-30)42-37(39)41-4/h5-25H,1-4H3/b36-25+. The predicted molar refractivity (Wildman–Crippen MR) is 170 cm³/mol. The summed E-state index contributed by atoms with van der Waals surface area (Å²) in [5.41, 5.74) is 9.77. The third kappa shape index (κ3) is 6.70. The van der Waals surface area contributed by atoms with Gasteiger partial charge in [-0.1, -0.05) is 71.8 Å². The highest BCUT2D eigenvalue weighted by atomic mass is 16.7. The van der Waals surface area contributed by atoms with Crippen LogP contribution in [0.4, 0.5) is 21.9 Å². The molecule has 5 nitrogen and oxygen atoms in total. The van der Waals surface area contributed by atoms with Crippen LogP contribution in [0.5, 0.6) is 11.5 Å². The SMILES string of the molecule is COC(=O)Oc1ccc(/C(=C/c2ccc(N(c3ccc(C)cc3)c3ccc(C)cc3)cc2)c2ccc(OC)cc2)cc1. The monoisotopic (exact) mass is 555 g/mol. The minimum Gasteiger partial charge on any atom is -0.497 e. The number of hydrogen-bond acceptors (Lipinski definition) is 5. The van der Waals surface area contributed by atoms with Gasteiger partial charge < -0.3 is 19.1 Å². The molecule has 0 aliphatic rings. The highest BCUT2D eigenvalue weighted by molar-refractivity contribution is 5.92. The van der Waals surface area contributed by atoms with E-state index in [4.69, 9.17) is 9.47 Å². The van der Waals surface area contributed by atoms with Crippen LogP contribution in [0.25, 0.3) is 11.6 Å². The third-order valence-electron chi connectivity index (χ3n) is 6.98. The summed E-state index contributed by atoms with van der Waals surface area (Å²) in [6, 6.07) is 41.0. The number of carbonyl (C=O) groups is 1. The highest BCUT2D eigenvalue weighted by Crippen LogP contribution is 2.36. The molecule has 5 aromatic rings. The normalized spacial score (nSPS) is 11.1. The molecule has 0 atom stereocenters. The molecule has 5 aromatic carbocycles. The molecule has 5 rings (SSSR count). The molecule has 0 amide bonds. The van der Waals surface area contributed by atoms with Crippen LogP contribution >= 0.6 is 0 Å². The molecule has 42 heavy (non-hydrogen) atoms. The van der Waals surface area contributed by atoms with Crippen LogP contribution in [-0.2, 0) is 4.74 Å². The fourth-order valence-corrected chi connectivity index (χ4v) is 4.67. The lowest BCUT2D eigenvalue weighted by atomic mass is 9.95. The summed E-state index contributed by atoms with van der Waals surface area (Å²) in [6.45, 7) is 4.20. The largest absolute Gasteiger partial charge is 0.513 e. The summed E-state index contributed by atoms with van der Waals surface area (Å²) in [6.07, 6.45) is 1.41. The number of rotatable bonds is 8. The van der Waals surface area contributed by atoms with Gasteiger partial charge in [0.2, 0.25) is 0 Å². The predicted octanol–water partition coefficient (Wildman–Crippen LogP) is 9.52. The Hall–Kier alpha value is -5.29. The number of benzene rings is 5. The van der Waals surface area contributed by atoms with Gasteiger partial charge in [0.1, 0.15) is 11.5 Å². The molecule has 0 N–H and O–H groups in total. The van der Waals surface area contributed by atoms with Crippen LogP contribution in [0.15, 0.2) is 121 Å². The Morgan fingerprint density at radius 3 is 1.43 bits per heavy atom. The first-order valence-corrected chi connectivity index (χ1v) is 13.7. The molecule has 0 spiro atoms. The van der Waals surface area contributed by atoms with E-state index in [0.717, 1.165) is 45.1 Å². The summed E-state index contributed by atoms with van der Waals surface area (Å²) in [4.78, 5) is 13.8. The first-order valence-electron chi connectivity index (χ1n) is 13.7. The second kappa shape index (κ2) is 12.9. The zero-order valence-electron chi connectivity index (χ0n) is 24.2. The molecule has 0 heterocycles. The van der Waals surface area contributed by atoms with Crippen LogP contribution in [-0.4, -0.2) is 20.4 Å². The minimum absolute atomic E-state index is 0.413. The molecule has 0 aromatic heterocycles. The van der Waals surface area contributed by atoms with Crippen molar-refractivity contribution >= 4 is 34.9 Å². The maximum Gasteiger partial charge on any atom is 0.513 e. The van der Waals surface area contributed by atoms with Gasteiger partial charge in [-0.05, 0) is 103 Å².